The third kappa shape index (κ3) is 4.11. The van der Waals surface area contributed by atoms with Gasteiger partial charge in [0, 0.05) is 32.6 Å². The van der Waals surface area contributed by atoms with Crippen LogP contribution in [0.3, 0.4) is 0 Å². The van der Waals surface area contributed by atoms with Crippen molar-refractivity contribution in [3.8, 4) is 5.75 Å². The second kappa shape index (κ2) is 7.94. The molecule has 8 heteroatoms. The number of nitrogens with zero attached hydrogens (tertiary/aromatic N) is 5. The molecule has 8 nitrogen and oxygen atoms in total. The van der Waals surface area contributed by atoms with Crippen molar-refractivity contribution in [2.24, 2.45) is 7.05 Å². The van der Waals surface area contributed by atoms with Crippen LogP contribution >= 0.6 is 0 Å². The Morgan fingerprint density at radius 2 is 1.93 bits per heavy atom. The molecule has 0 bridgehead atoms. The summed E-state index contributed by atoms with van der Waals surface area (Å²) >= 11 is 0. The molecule has 27 heavy (non-hydrogen) atoms. The van der Waals surface area contributed by atoms with E-state index in [0.717, 1.165) is 11.3 Å². The van der Waals surface area contributed by atoms with Gasteiger partial charge in [-0.15, -0.1) is 0 Å². The molecule has 0 amide bonds. The molecule has 142 valence electrons. The molecule has 3 aromatic rings. The normalized spacial score (nSPS) is 10.7. The van der Waals surface area contributed by atoms with Crippen molar-refractivity contribution in [3.63, 3.8) is 0 Å². The lowest BCUT2D eigenvalue weighted by Gasteiger charge is -2.14. The molecule has 0 saturated heterocycles. The van der Waals surface area contributed by atoms with E-state index in [2.05, 4.69) is 10.2 Å². The minimum atomic E-state index is -0.406. The number of ether oxygens (including phenoxy) is 2. The van der Waals surface area contributed by atoms with Crippen LogP contribution in [0.1, 0.15) is 22.8 Å². The van der Waals surface area contributed by atoms with E-state index in [1.54, 1.807) is 34.5 Å². The number of esters is 1. The number of aryl methyl sites for hydroxylation is 1. The standard InChI is InChI=1S/C19H23N5O3/c1-5-27-19(25)16-13-24(12-14-6-8-15(26-4)9-7-14)21-18(16)23(3)17-10-11-22(2)20-17/h6-11,13H,5,12H2,1-4H3. The van der Waals surface area contributed by atoms with E-state index in [9.17, 15) is 4.79 Å². The highest BCUT2D eigenvalue weighted by atomic mass is 16.5. The average Bonchev–Trinajstić information content (AvgIpc) is 3.28. The lowest BCUT2D eigenvalue weighted by molar-refractivity contribution is 0.0527. The van der Waals surface area contributed by atoms with Crippen molar-refractivity contribution in [2.75, 3.05) is 25.7 Å². The molecule has 0 saturated carbocycles. The van der Waals surface area contributed by atoms with Gasteiger partial charge in [-0.25, -0.2) is 4.79 Å². The van der Waals surface area contributed by atoms with E-state index < -0.39 is 5.97 Å². The van der Waals surface area contributed by atoms with E-state index in [1.807, 2.05) is 50.6 Å². The van der Waals surface area contributed by atoms with Crippen LogP contribution in [-0.2, 0) is 18.3 Å². The maximum absolute atomic E-state index is 12.4. The number of rotatable bonds is 7. The molecule has 0 fully saturated rings. The van der Waals surface area contributed by atoms with Crippen LogP contribution in [0.15, 0.2) is 42.7 Å². The summed E-state index contributed by atoms with van der Waals surface area (Å²) in [6, 6.07) is 9.58. The number of carbonyl (C=O) groups is 1. The van der Waals surface area contributed by atoms with Crippen LogP contribution in [0, 0.1) is 0 Å². The third-order valence-corrected chi connectivity index (χ3v) is 4.10. The van der Waals surface area contributed by atoms with Gasteiger partial charge in [0.2, 0.25) is 0 Å². The summed E-state index contributed by atoms with van der Waals surface area (Å²) in [5.74, 6) is 1.58. The predicted octanol–water partition coefficient (Wildman–Crippen LogP) is 2.62. The lowest BCUT2D eigenvalue weighted by atomic mass is 10.2. The van der Waals surface area contributed by atoms with E-state index in [4.69, 9.17) is 9.47 Å². The molecule has 0 spiro atoms. The maximum Gasteiger partial charge on any atom is 0.343 e. The first-order valence-electron chi connectivity index (χ1n) is 8.62. The Hall–Kier alpha value is -3.29. The Morgan fingerprint density at radius 3 is 2.52 bits per heavy atom. The number of hydrogen-bond acceptors (Lipinski definition) is 6. The Kier molecular flexibility index (Phi) is 5.44. The highest BCUT2D eigenvalue weighted by Gasteiger charge is 2.22. The number of anilines is 2. The maximum atomic E-state index is 12.4. The molecular weight excluding hydrogens is 346 g/mol. The molecule has 0 aliphatic carbocycles. The zero-order chi connectivity index (χ0) is 19.4. The first-order valence-corrected chi connectivity index (χ1v) is 8.62. The fourth-order valence-electron chi connectivity index (χ4n) is 2.70. The Labute approximate surface area is 157 Å². The van der Waals surface area contributed by atoms with Gasteiger partial charge in [0.1, 0.15) is 11.3 Å². The van der Waals surface area contributed by atoms with Crippen molar-refractivity contribution in [2.45, 2.75) is 13.5 Å². The van der Waals surface area contributed by atoms with Gasteiger partial charge < -0.3 is 14.4 Å². The zero-order valence-corrected chi connectivity index (χ0v) is 15.9. The number of aromatic nitrogens is 4. The molecule has 2 heterocycles. The van der Waals surface area contributed by atoms with Gasteiger partial charge in [0.05, 0.1) is 20.3 Å². The monoisotopic (exact) mass is 369 g/mol. The highest BCUT2D eigenvalue weighted by Crippen LogP contribution is 2.25. The van der Waals surface area contributed by atoms with Crippen LogP contribution in [0.4, 0.5) is 11.6 Å². The molecule has 0 unspecified atom stereocenters. The quantitative estimate of drug-likeness (QED) is 0.596. The number of carbonyl (C=O) groups excluding carboxylic acids is 1. The summed E-state index contributed by atoms with van der Waals surface area (Å²) in [5, 5.41) is 8.97. The van der Waals surface area contributed by atoms with Crippen molar-refractivity contribution >= 4 is 17.6 Å². The Morgan fingerprint density at radius 1 is 1.19 bits per heavy atom. The summed E-state index contributed by atoms with van der Waals surface area (Å²) in [5.41, 5.74) is 1.44. The van der Waals surface area contributed by atoms with Crippen LogP contribution < -0.4 is 9.64 Å². The fourth-order valence-corrected chi connectivity index (χ4v) is 2.70. The van der Waals surface area contributed by atoms with E-state index >= 15 is 0 Å². The molecule has 2 aromatic heterocycles. The molecule has 1 aromatic carbocycles. The molecular formula is C19H23N5O3. The first kappa shape index (κ1) is 18.5. The Balaban J connectivity index is 1.92. The van der Waals surface area contributed by atoms with Crippen LogP contribution in [0.25, 0.3) is 0 Å². The highest BCUT2D eigenvalue weighted by molar-refractivity contribution is 5.95. The predicted molar refractivity (Wildman–Crippen MR) is 102 cm³/mol. The van der Waals surface area contributed by atoms with Gasteiger partial charge in [0.15, 0.2) is 11.6 Å². The Bertz CT molecular complexity index is 914. The number of hydrogen-bond donors (Lipinski definition) is 0. The molecule has 0 atom stereocenters. The minimum Gasteiger partial charge on any atom is -0.497 e. The molecule has 0 radical (unpaired) electrons. The first-order chi connectivity index (χ1) is 13.0. The third-order valence-electron chi connectivity index (χ3n) is 4.10. The summed E-state index contributed by atoms with van der Waals surface area (Å²) in [7, 11) is 5.30. The smallest absolute Gasteiger partial charge is 0.343 e. The minimum absolute atomic E-state index is 0.301. The van der Waals surface area contributed by atoms with Gasteiger partial charge >= 0.3 is 5.97 Å². The van der Waals surface area contributed by atoms with Gasteiger partial charge in [-0.05, 0) is 24.6 Å². The molecule has 3 rings (SSSR count). The fraction of sp³-hybridized carbons (Fsp3) is 0.316. The van der Waals surface area contributed by atoms with Crippen LogP contribution in [0.2, 0.25) is 0 Å². The van der Waals surface area contributed by atoms with Gasteiger partial charge in [-0.3, -0.25) is 9.36 Å². The molecule has 0 aliphatic rings. The number of methoxy groups -OCH3 is 1. The second-order valence-corrected chi connectivity index (χ2v) is 6.04. The van der Waals surface area contributed by atoms with Crippen LogP contribution in [-0.4, -0.2) is 46.3 Å². The van der Waals surface area contributed by atoms with E-state index in [0.29, 0.717) is 30.4 Å². The lowest BCUT2D eigenvalue weighted by Crippen LogP contribution is -2.16. The van der Waals surface area contributed by atoms with Gasteiger partial charge in [-0.2, -0.15) is 10.2 Å². The average molecular weight is 369 g/mol. The second-order valence-electron chi connectivity index (χ2n) is 6.04. The van der Waals surface area contributed by atoms with Crippen molar-refractivity contribution < 1.29 is 14.3 Å². The van der Waals surface area contributed by atoms with E-state index in [-0.39, 0.29) is 0 Å². The summed E-state index contributed by atoms with van der Waals surface area (Å²) in [6.45, 7) is 2.60. The summed E-state index contributed by atoms with van der Waals surface area (Å²) < 4.78 is 13.8. The van der Waals surface area contributed by atoms with Crippen molar-refractivity contribution in [1.29, 1.82) is 0 Å². The molecule has 0 aliphatic heterocycles. The SMILES string of the molecule is CCOC(=O)c1cn(Cc2ccc(OC)cc2)nc1N(C)c1ccn(C)n1. The van der Waals surface area contributed by atoms with Crippen LogP contribution in [0.5, 0.6) is 5.75 Å². The summed E-state index contributed by atoms with van der Waals surface area (Å²) in [6.07, 6.45) is 3.54. The topological polar surface area (TPSA) is 74.4 Å². The van der Waals surface area contributed by atoms with Gasteiger partial charge in [-0.1, -0.05) is 12.1 Å². The van der Waals surface area contributed by atoms with Crippen molar-refractivity contribution in [1.82, 2.24) is 19.6 Å². The number of benzene rings is 1. The largest absolute Gasteiger partial charge is 0.497 e. The van der Waals surface area contributed by atoms with Gasteiger partial charge in [0.25, 0.3) is 0 Å². The zero-order valence-electron chi connectivity index (χ0n) is 15.9. The van der Waals surface area contributed by atoms with E-state index in [1.165, 1.54) is 0 Å². The molecule has 0 N–H and O–H groups in total. The van der Waals surface area contributed by atoms with Crippen molar-refractivity contribution in [3.05, 3.63) is 53.9 Å². The summed E-state index contributed by atoms with van der Waals surface area (Å²) in [4.78, 5) is 14.2.